The number of nitrogens with zero attached hydrogens (tertiary/aromatic N) is 4. The number of allylic oxidation sites excluding steroid dienone is 2. The first kappa shape index (κ1) is 37.3. The molecular formula is C41H58N4O6. The molecule has 51 heavy (non-hydrogen) atoms. The van der Waals surface area contributed by atoms with E-state index in [4.69, 9.17) is 9.15 Å². The maximum atomic E-state index is 14.1. The third kappa shape index (κ3) is 5.96. The smallest absolute Gasteiger partial charge is 0.309 e. The van der Waals surface area contributed by atoms with Gasteiger partial charge in [-0.05, 0) is 129 Å². The monoisotopic (exact) mass is 702 g/mol. The van der Waals surface area contributed by atoms with E-state index < -0.39 is 22.8 Å². The molecule has 0 unspecified atom stereocenters. The summed E-state index contributed by atoms with van der Waals surface area (Å²) in [7, 11) is 0. The average Bonchev–Trinajstić information content (AvgIpc) is 3.69. The van der Waals surface area contributed by atoms with Gasteiger partial charge in [0.25, 0.3) is 5.89 Å². The number of hydrogen-bond donors (Lipinski definition) is 1. The van der Waals surface area contributed by atoms with Crippen LogP contribution in [0.4, 0.5) is 0 Å². The van der Waals surface area contributed by atoms with Gasteiger partial charge in [0.1, 0.15) is 18.1 Å². The average molecular weight is 703 g/mol. The molecule has 0 radical (unpaired) electrons. The molecule has 2 heterocycles. The zero-order chi connectivity index (χ0) is 37.1. The van der Waals surface area contributed by atoms with Crippen molar-refractivity contribution >= 4 is 17.7 Å². The fourth-order valence-corrected chi connectivity index (χ4v) is 11.3. The van der Waals surface area contributed by atoms with Gasteiger partial charge in [-0.2, -0.15) is 0 Å². The van der Waals surface area contributed by atoms with Crippen LogP contribution in [0.15, 0.2) is 34.2 Å². The number of Topliss-reactive ketones (excluding diaryl/α,β-unsaturated/α-hetero) is 1. The molecule has 3 fully saturated rings. The molecule has 8 atom stereocenters. The van der Waals surface area contributed by atoms with E-state index in [1.165, 1.54) is 11.9 Å². The van der Waals surface area contributed by atoms with Crippen molar-refractivity contribution < 1.29 is 28.6 Å². The summed E-state index contributed by atoms with van der Waals surface area (Å²) in [5.74, 6) is 0.972. The van der Waals surface area contributed by atoms with E-state index in [-0.39, 0.29) is 46.4 Å². The fraction of sp³-hybridized carbons (Fsp3) is 0.732. The lowest BCUT2D eigenvalue weighted by molar-refractivity contribution is -0.184. The molecule has 0 saturated heterocycles. The number of carbonyl (C=O) groups excluding carboxylic acids is 2. The highest BCUT2D eigenvalue weighted by atomic mass is 16.5. The quantitative estimate of drug-likeness (QED) is 0.226. The zero-order valence-corrected chi connectivity index (χ0v) is 32.2. The van der Waals surface area contributed by atoms with Crippen LogP contribution in [0.3, 0.4) is 0 Å². The van der Waals surface area contributed by atoms with Crippen LogP contribution in [-0.4, -0.2) is 49.1 Å². The maximum absolute atomic E-state index is 14.1. The lowest BCUT2D eigenvalue weighted by Crippen LogP contribution is -2.62. The summed E-state index contributed by atoms with van der Waals surface area (Å²) in [6.07, 6.45) is 11.6. The Morgan fingerprint density at radius 2 is 1.82 bits per heavy atom. The van der Waals surface area contributed by atoms with Crippen molar-refractivity contribution in [2.75, 3.05) is 0 Å². The number of rotatable bonds is 11. The summed E-state index contributed by atoms with van der Waals surface area (Å²) < 4.78 is 12.4. The number of hydrogen-bond acceptors (Lipinski definition) is 9. The highest BCUT2D eigenvalue weighted by molar-refractivity contribution is 6.01. The van der Waals surface area contributed by atoms with Crippen LogP contribution in [0.5, 0.6) is 0 Å². The molecule has 2 aromatic heterocycles. The molecule has 10 nitrogen and oxygen atoms in total. The Labute approximate surface area is 303 Å². The van der Waals surface area contributed by atoms with Gasteiger partial charge >= 0.3 is 11.9 Å². The summed E-state index contributed by atoms with van der Waals surface area (Å²) in [4.78, 5) is 46.9. The Kier molecular flexibility index (Phi) is 9.67. The van der Waals surface area contributed by atoms with Crippen molar-refractivity contribution in [2.24, 2.45) is 45.3 Å². The van der Waals surface area contributed by atoms with Crippen LogP contribution in [-0.2, 0) is 24.5 Å². The lowest BCUT2D eigenvalue weighted by atomic mass is 9.35. The summed E-state index contributed by atoms with van der Waals surface area (Å²) in [5, 5.41) is 18.6. The molecule has 4 aliphatic carbocycles. The van der Waals surface area contributed by atoms with Crippen molar-refractivity contribution in [1.29, 1.82) is 0 Å². The number of carboxylic acid groups (broad SMARTS) is 1. The number of carboxylic acids is 1. The van der Waals surface area contributed by atoms with E-state index in [1.54, 1.807) is 26.1 Å². The first-order valence-electron chi connectivity index (χ1n) is 19.2. The number of ether oxygens (including phenoxy) is 1. The lowest BCUT2D eigenvalue weighted by Gasteiger charge is -2.69. The molecule has 4 aliphatic rings. The molecule has 0 spiro atoms. The number of aliphatic carboxylic acids is 1. The van der Waals surface area contributed by atoms with Crippen LogP contribution in [0.2, 0.25) is 0 Å². The van der Waals surface area contributed by atoms with Crippen LogP contribution in [0, 0.1) is 45.3 Å². The van der Waals surface area contributed by atoms with Gasteiger partial charge in [-0.25, -0.2) is 9.97 Å². The molecule has 0 amide bonds. The van der Waals surface area contributed by atoms with Gasteiger partial charge in [0.15, 0.2) is 5.78 Å². The molecule has 3 saturated carbocycles. The second kappa shape index (κ2) is 13.2. The van der Waals surface area contributed by atoms with Crippen molar-refractivity contribution in [3.05, 3.63) is 35.6 Å². The van der Waals surface area contributed by atoms with Gasteiger partial charge in [-0.15, -0.1) is 10.2 Å². The Morgan fingerprint density at radius 1 is 1.08 bits per heavy atom. The molecule has 0 aliphatic heterocycles. The topological polar surface area (TPSA) is 145 Å². The molecule has 6 rings (SSSR count). The summed E-state index contributed by atoms with van der Waals surface area (Å²) in [5.41, 5.74) is 1.09. The SMILES string of the molecule is CC[C@H](CC[C@@]1(C)[C@H](C)CC[C@]2(C)[C@@H]1CC[C@@H]1C3=C(C(C)C)C(=O)C[C@]3(c3nnc(-c4ccncn4)o3)CC[C@]12C)OC(=O)CC(C)(C)C(=O)O. The first-order chi connectivity index (χ1) is 23.9. The summed E-state index contributed by atoms with van der Waals surface area (Å²) in [6, 6.07) is 1.76. The Hall–Kier alpha value is -3.43. The van der Waals surface area contributed by atoms with Crippen molar-refractivity contribution in [3.8, 4) is 11.6 Å². The van der Waals surface area contributed by atoms with Crippen molar-refractivity contribution in [3.63, 3.8) is 0 Å². The molecule has 0 bridgehead atoms. The normalized spacial score (nSPS) is 34.2. The van der Waals surface area contributed by atoms with E-state index in [9.17, 15) is 19.5 Å². The number of aromatic nitrogens is 4. The summed E-state index contributed by atoms with van der Waals surface area (Å²) >= 11 is 0. The minimum absolute atomic E-state index is 0.0323. The minimum atomic E-state index is -1.16. The predicted molar refractivity (Wildman–Crippen MR) is 192 cm³/mol. The molecule has 0 aromatic carbocycles. The molecular weight excluding hydrogens is 644 g/mol. The maximum Gasteiger partial charge on any atom is 0.309 e. The van der Waals surface area contributed by atoms with E-state index in [0.717, 1.165) is 56.9 Å². The number of ketones is 1. The van der Waals surface area contributed by atoms with Crippen molar-refractivity contribution in [2.45, 2.75) is 144 Å². The van der Waals surface area contributed by atoms with Gasteiger partial charge in [-0.3, -0.25) is 14.4 Å². The minimum Gasteiger partial charge on any atom is -0.481 e. The Balaban J connectivity index is 1.30. The number of esters is 1. The third-order valence-corrected chi connectivity index (χ3v) is 14.7. The Bertz CT molecular complexity index is 1700. The van der Waals surface area contributed by atoms with E-state index >= 15 is 0 Å². The second-order valence-corrected chi connectivity index (χ2v) is 18.1. The highest BCUT2D eigenvalue weighted by Crippen LogP contribution is 2.74. The van der Waals surface area contributed by atoms with E-state index in [1.807, 2.05) is 6.92 Å². The van der Waals surface area contributed by atoms with Gasteiger partial charge in [0.2, 0.25) is 5.89 Å². The van der Waals surface area contributed by atoms with Crippen molar-refractivity contribution in [1.82, 2.24) is 20.2 Å². The molecule has 1 N–H and O–H groups in total. The van der Waals surface area contributed by atoms with Crippen LogP contribution < -0.4 is 0 Å². The molecule has 278 valence electrons. The van der Waals surface area contributed by atoms with Gasteiger partial charge < -0.3 is 14.3 Å². The number of carbonyl (C=O) groups is 3. The standard InChI is InChI=1S/C41H58N4O6/c1-10-26(50-31(47)22-37(5,6)36(48)49)14-16-38(7)25(4)13-17-40(9)30(38)12-11-27-33-32(24(2)3)29(46)21-41(33,19-18-39(27,40)8)35-45-44-34(51-35)28-15-20-42-23-43-28/h15,20,23-27,30H,10-14,16-19,21-22H2,1-9H3,(H,48,49)/t25-,26-,27-,30-,38+,39-,40-,41-/m1/s1. The first-order valence-corrected chi connectivity index (χ1v) is 19.2. The zero-order valence-electron chi connectivity index (χ0n) is 32.2. The van der Waals surface area contributed by atoms with Gasteiger partial charge in [-0.1, -0.05) is 48.5 Å². The summed E-state index contributed by atoms with van der Waals surface area (Å²) in [6.45, 7) is 19.4. The van der Waals surface area contributed by atoms with E-state index in [0.29, 0.717) is 42.2 Å². The predicted octanol–water partition coefficient (Wildman–Crippen LogP) is 8.56. The Morgan fingerprint density at radius 3 is 2.47 bits per heavy atom. The van der Waals surface area contributed by atoms with Crippen LogP contribution in [0.25, 0.3) is 11.6 Å². The highest BCUT2D eigenvalue weighted by Gasteiger charge is 2.68. The molecule has 10 heteroatoms. The largest absolute Gasteiger partial charge is 0.481 e. The third-order valence-electron chi connectivity index (χ3n) is 14.7. The molecule has 2 aromatic rings. The van der Waals surface area contributed by atoms with Crippen LogP contribution in [0.1, 0.15) is 139 Å². The van der Waals surface area contributed by atoms with Crippen LogP contribution >= 0.6 is 0 Å². The fourth-order valence-electron chi connectivity index (χ4n) is 11.3. The second-order valence-electron chi connectivity index (χ2n) is 18.1. The van der Waals surface area contributed by atoms with E-state index in [2.05, 4.69) is 61.7 Å². The van der Waals surface area contributed by atoms with Gasteiger partial charge in [0, 0.05) is 12.6 Å². The van der Waals surface area contributed by atoms with Gasteiger partial charge in [0.05, 0.1) is 17.3 Å². The number of fused-ring (bicyclic) bond motifs is 5.